The van der Waals surface area contributed by atoms with Crippen molar-refractivity contribution in [3.8, 4) is 0 Å². The Morgan fingerprint density at radius 2 is 1.94 bits per heavy atom. The van der Waals surface area contributed by atoms with Crippen LogP contribution in [-0.4, -0.2) is 25.5 Å². The molecule has 1 fully saturated rings. The van der Waals surface area contributed by atoms with Crippen LogP contribution in [0.4, 0.5) is 10.1 Å². The molecule has 0 unspecified atom stereocenters. The first kappa shape index (κ1) is 11.1. The summed E-state index contributed by atoms with van der Waals surface area (Å²) in [5.41, 5.74) is 0.773. The van der Waals surface area contributed by atoms with Crippen LogP contribution in [-0.2, 0) is 4.79 Å². The Morgan fingerprint density at radius 3 is 2.69 bits per heavy atom. The van der Waals surface area contributed by atoms with Crippen LogP contribution in [0.1, 0.15) is 12.8 Å². The Bertz CT molecular complexity index is 364. The molecule has 1 aromatic carbocycles. The molecule has 0 radical (unpaired) electrons. The van der Waals surface area contributed by atoms with Gasteiger partial charge in [0.15, 0.2) is 0 Å². The SMILES string of the molecule is O=C1CCCNCCN1c1ccc(F)cc1. The molecule has 86 valence electrons. The topological polar surface area (TPSA) is 32.3 Å². The zero-order chi connectivity index (χ0) is 11.4. The van der Waals surface area contributed by atoms with Gasteiger partial charge in [0.05, 0.1) is 0 Å². The summed E-state index contributed by atoms with van der Waals surface area (Å²) in [6, 6.07) is 6.06. The van der Waals surface area contributed by atoms with Crippen LogP contribution in [0.2, 0.25) is 0 Å². The van der Waals surface area contributed by atoms with Crippen molar-refractivity contribution in [3.63, 3.8) is 0 Å². The molecule has 0 aromatic heterocycles. The van der Waals surface area contributed by atoms with Gasteiger partial charge in [0.1, 0.15) is 5.82 Å². The van der Waals surface area contributed by atoms with E-state index >= 15 is 0 Å². The summed E-state index contributed by atoms with van der Waals surface area (Å²) < 4.78 is 12.8. The van der Waals surface area contributed by atoms with E-state index in [1.54, 1.807) is 17.0 Å². The molecule has 1 aliphatic rings. The molecule has 1 heterocycles. The Balaban J connectivity index is 2.15. The van der Waals surface area contributed by atoms with Gasteiger partial charge in [-0.05, 0) is 37.2 Å². The molecule has 0 bridgehead atoms. The van der Waals surface area contributed by atoms with Gasteiger partial charge >= 0.3 is 0 Å². The molecule has 0 aliphatic carbocycles. The predicted molar refractivity (Wildman–Crippen MR) is 60.9 cm³/mol. The summed E-state index contributed by atoms with van der Waals surface area (Å²) in [6.45, 7) is 2.32. The summed E-state index contributed by atoms with van der Waals surface area (Å²) in [7, 11) is 0. The van der Waals surface area contributed by atoms with Gasteiger partial charge in [-0.25, -0.2) is 4.39 Å². The summed E-state index contributed by atoms with van der Waals surface area (Å²) in [4.78, 5) is 13.6. The van der Waals surface area contributed by atoms with E-state index in [0.29, 0.717) is 13.0 Å². The maximum atomic E-state index is 12.8. The average Bonchev–Trinajstić information content (AvgIpc) is 2.26. The molecule has 1 aromatic rings. The van der Waals surface area contributed by atoms with Gasteiger partial charge in [0.25, 0.3) is 0 Å². The first-order valence-corrected chi connectivity index (χ1v) is 5.54. The smallest absolute Gasteiger partial charge is 0.227 e. The quantitative estimate of drug-likeness (QED) is 0.781. The van der Waals surface area contributed by atoms with Gasteiger partial charge in [0.2, 0.25) is 5.91 Å². The largest absolute Gasteiger partial charge is 0.315 e. The molecule has 1 amide bonds. The normalized spacial score (nSPS) is 18.1. The van der Waals surface area contributed by atoms with Crippen molar-refractivity contribution in [3.05, 3.63) is 30.1 Å². The van der Waals surface area contributed by atoms with Crippen molar-refractivity contribution in [1.82, 2.24) is 5.32 Å². The third-order valence-electron chi connectivity index (χ3n) is 2.70. The Kier molecular flexibility index (Phi) is 3.51. The number of carbonyl (C=O) groups is 1. The number of halogens is 1. The van der Waals surface area contributed by atoms with Crippen molar-refractivity contribution in [2.24, 2.45) is 0 Å². The zero-order valence-electron chi connectivity index (χ0n) is 9.08. The fourth-order valence-corrected chi connectivity index (χ4v) is 1.83. The van der Waals surface area contributed by atoms with Gasteiger partial charge in [-0.3, -0.25) is 4.79 Å². The second kappa shape index (κ2) is 5.07. The molecule has 1 N–H and O–H groups in total. The monoisotopic (exact) mass is 222 g/mol. The Labute approximate surface area is 94.3 Å². The van der Waals surface area contributed by atoms with Gasteiger partial charge < -0.3 is 10.2 Å². The van der Waals surface area contributed by atoms with E-state index in [0.717, 1.165) is 25.2 Å². The summed E-state index contributed by atoms with van der Waals surface area (Å²) in [5.74, 6) is -0.158. The number of amides is 1. The van der Waals surface area contributed by atoms with E-state index in [1.165, 1.54) is 12.1 Å². The first-order chi connectivity index (χ1) is 7.77. The minimum Gasteiger partial charge on any atom is -0.315 e. The van der Waals surface area contributed by atoms with Crippen LogP contribution in [0.3, 0.4) is 0 Å². The molecule has 1 aliphatic heterocycles. The molecule has 0 spiro atoms. The van der Waals surface area contributed by atoms with E-state index < -0.39 is 0 Å². The molecule has 16 heavy (non-hydrogen) atoms. The highest BCUT2D eigenvalue weighted by Gasteiger charge is 2.16. The lowest BCUT2D eigenvalue weighted by atomic mass is 10.2. The van der Waals surface area contributed by atoms with E-state index in [1.807, 2.05) is 0 Å². The lowest BCUT2D eigenvalue weighted by Gasteiger charge is -2.25. The zero-order valence-corrected chi connectivity index (χ0v) is 9.08. The maximum absolute atomic E-state index is 12.8. The van der Waals surface area contributed by atoms with E-state index in [2.05, 4.69) is 5.32 Å². The van der Waals surface area contributed by atoms with Crippen molar-refractivity contribution >= 4 is 11.6 Å². The fraction of sp³-hybridized carbons (Fsp3) is 0.417. The van der Waals surface area contributed by atoms with Gasteiger partial charge in [0, 0.05) is 25.2 Å². The van der Waals surface area contributed by atoms with E-state index in [9.17, 15) is 9.18 Å². The van der Waals surface area contributed by atoms with Crippen LogP contribution in [0, 0.1) is 5.82 Å². The molecular weight excluding hydrogens is 207 g/mol. The third-order valence-corrected chi connectivity index (χ3v) is 2.70. The lowest BCUT2D eigenvalue weighted by molar-refractivity contribution is -0.118. The number of benzene rings is 1. The number of carbonyl (C=O) groups excluding carboxylic acids is 1. The summed E-state index contributed by atoms with van der Waals surface area (Å²) in [6.07, 6.45) is 1.40. The average molecular weight is 222 g/mol. The number of anilines is 1. The number of rotatable bonds is 1. The standard InChI is InChI=1S/C12H15FN2O/c13-10-3-5-11(6-4-10)15-9-8-14-7-1-2-12(15)16/h3-6,14H,1-2,7-9H2. The molecule has 4 heteroatoms. The summed E-state index contributed by atoms with van der Waals surface area (Å²) >= 11 is 0. The van der Waals surface area contributed by atoms with E-state index in [4.69, 9.17) is 0 Å². The second-order valence-corrected chi connectivity index (χ2v) is 3.88. The first-order valence-electron chi connectivity index (χ1n) is 5.54. The number of nitrogens with one attached hydrogen (secondary N) is 1. The Hall–Kier alpha value is -1.42. The molecular formula is C12H15FN2O. The van der Waals surface area contributed by atoms with Crippen molar-refractivity contribution in [1.29, 1.82) is 0 Å². The summed E-state index contributed by atoms with van der Waals surface area (Å²) in [5, 5.41) is 3.25. The highest BCUT2D eigenvalue weighted by molar-refractivity contribution is 5.93. The second-order valence-electron chi connectivity index (χ2n) is 3.88. The fourth-order valence-electron chi connectivity index (χ4n) is 1.83. The third kappa shape index (κ3) is 2.58. The lowest BCUT2D eigenvalue weighted by Crippen LogP contribution is -2.39. The highest BCUT2D eigenvalue weighted by atomic mass is 19.1. The van der Waals surface area contributed by atoms with Crippen LogP contribution in [0.15, 0.2) is 24.3 Å². The number of hydrogen-bond donors (Lipinski definition) is 1. The maximum Gasteiger partial charge on any atom is 0.227 e. The minimum atomic E-state index is -0.277. The molecule has 1 saturated heterocycles. The van der Waals surface area contributed by atoms with Crippen molar-refractivity contribution < 1.29 is 9.18 Å². The molecule has 0 atom stereocenters. The molecule has 2 rings (SSSR count). The van der Waals surface area contributed by atoms with Crippen LogP contribution >= 0.6 is 0 Å². The number of hydrogen-bond acceptors (Lipinski definition) is 2. The highest BCUT2D eigenvalue weighted by Crippen LogP contribution is 2.16. The van der Waals surface area contributed by atoms with Gasteiger partial charge in [-0.15, -0.1) is 0 Å². The van der Waals surface area contributed by atoms with Crippen LogP contribution < -0.4 is 10.2 Å². The van der Waals surface area contributed by atoms with Crippen molar-refractivity contribution in [2.45, 2.75) is 12.8 Å². The van der Waals surface area contributed by atoms with Gasteiger partial charge in [-0.2, -0.15) is 0 Å². The van der Waals surface area contributed by atoms with Crippen molar-refractivity contribution in [2.75, 3.05) is 24.5 Å². The van der Waals surface area contributed by atoms with Crippen LogP contribution in [0.25, 0.3) is 0 Å². The molecule has 0 saturated carbocycles. The number of nitrogens with zero attached hydrogens (tertiary/aromatic N) is 1. The van der Waals surface area contributed by atoms with E-state index in [-0.39, 0.29) is 11.7 Å². The Morgan fingerprint density at radius 1 is 1.19 bits per heavy atom. The van der Waals surface area contributed by atoms with Crippen LogP contribution in [0.5, 0.6) is 0 Å². The van der Waals surface area contributed by atoms with Gasteiger partial charge in [-0.1, -0.05) is 0 Å². The predicted octanol–water partition coefficient (Wildman–Crippen LogP) is 1.54. The minimum absolute atomic E-state index is 0.119. The molecule has 3 nitrogen and oxygen atoms in total.